The largest absolute Gasteiger partial charge is 0.384 e. The van der Waals surface area contributed by atoms with Crippen molar-refractivity contribution in [3.8, 4) is 0 Å². The van der Waals surface area contributed by atoms with Gasteiger partial charge in [-0.15, -0.1) is 0 Å². The molecule has 0 amide bonds. The first-order valence-corrected chi connectivity index (χ1v) is 6.02. The lowest BCUT2D eigenvalue weighted by molar-refractivity contribution is 0.711. The zero-order valence-corrected chi connectivity index (χ0v) is 10.8. The van der Waals surface area contributed by atoms with Gasteiger partial charge in [-0.25, -0.2) is 0 Å². The van der Waals surface area contributed by atoms with Crippen LogP contribution in [-0.2, 0) is 13.5 Å². The highest BCUT2D eigenvalue weighted by molar-refractivity contribution is 6.31. The second kappa shape index (κ2) is 5.23. The van der Waals surface area contributed by atoms with E-state index in [0.717, 1.165) is 29.2 Å². The number of aromatic nitrogens is 2. The van der Waals surface area contributed by atoms with Crippen LogP contribution in [0.25, 0.3) is 0 Å². The van der Waals surface area contributed by atoms with E-state index in [1.165, 1.54) is 5.69 Å². The highest BCUT2D eigenvalue weighted by Crippen LogP contribution is 2.22. The van der Waals surface area contributed by atoms with Crippen molar-refractivity contribution >= 4 is 17.3 Å². The maximum Gasteiger partial charge on any atom is 0.0492 e. The van der Waals surface area contributed by atoms with Crippen LogP contribution in [0.3, 0.4) is 0 Å². The number of nitrogens with one attached hydrogen (secondary N) is 1. The highest BCUT2D eigenvalue weighted by Gasteiger charge is 2.02. The summed E-state index contributed by atoms with van der Waals surface area (Å²) in [6.07, 6.45) is 2.77. The highest BCUT2D eigenvalue weighted by atomic mass is 35.5. The van der Waals surface area contributed by atoms with Gasteiger partial charge < -0.3 is 5.32 Å². The van der Waals surface area contributed by atoms with Crippen molar-refractivity contribution in [1.82, 2.24) is 9.78 Å². The maximum atomic E-state index is 6.06. The normalized spacial score (nSPS) is 10.5. The Hall–Kier alpha value is -1.48. The van der Waals surface area contributed by atoms with E-state index in [4.69, 9.17) is 11.6 Å². The van der Waals surface area contributed by atoms with Gasteiger partial charge in [0.15, 0.2) is 0 Å². The predicted octanol–water partition coefficient (Wildman–Crippen LogP) is 3.04. The number of hydrogen-bond donors (Lipinski definition) is 1. The van der Waals surface area contributed by atoms with E-state index < -0.39 is 0 Å². The van der Waals surface area contributed by atoms with Crippen molar-refractivity contribution in [3.05, 3.63) is 46.7 Å². The molecule has 0 radical (unpaired) electrons. The van der Waals surface area contributed by atoms with Gasteiger partial charge in [-0.3, -0.25) is 4.68 Å². The summed E-state index contributed by atoms with van der Waals surface area (Å²) in [5.74, 6) is 0. The zero-order valence-electron chi connectivity index (χ0n) is 10.1. The fourth-order valence-electron chi connectivity index (χ4n) is 1.77. The summed E-state index contributed by atoms with van der Waals surface area (Å²) in [6, 6.07) is 7.95. The molecule has 0 bridgehead atoms. The average Bonchev–Trinajstić information content (AvgIpc) is 2.71. The molecule has 90 valence electrons. The van der Waals surface area contributed by atoms with E-state index in [1.54, 1.807) is 0 Å². The topological polar surface area (TPSA) is 29.9 Å². The van der Waals surface area contributed by atoms with Gasteiger partial charge in [-0.1, -0.05) is 17.7 Å². The van der Waals surface area contributed by atoms with Crippen LogP contribution < -0.4 is 5.32 Å². The number of halogens is 1. The van der Waals surface area contributed by atoms with Crippen LogP contribution in [0.1, 0.15) is 11.3 Å². The Bertz CT molecular complexity index is 505. The maximum absolute atomic E-state index is 6.06. The van der Waals surface area contributed by atoms with Gasteiger partial charge in [-0.05, 0) is 30.7 Å². The van der Waals surface area contributed by atoms with E-state index in [1.807, 2.05) is 49.1 Å². The lowest BCUT2D eigenvalue weighted by Crippen LogP contribution is -2.09. The van der Waals surface area contributed by atoms with Gasteiger partial charge in [0.25, 0.3) is 0 Å². The molecule has 0 fully saturated rings. The number of benzene rings is 1. The van der Waals surface area contributed by atoms with E-state index in [9.17, 15) is 0 Å². The van der Waals surface area contributed by atoms with Crippen molar-refractivity contribution < 1.29 is 0 Å². The molecule has 3 nitrogen and oxygen atoms in total. The van der Waals surface area contributed by atoms with E-state index in [2.05, 4.69) is 10.4 Å². The number of nitrogens with zero attached hydrogens (tertiary/aromatic N) is 2. The first kappa shape index (κ1) is 12.0. The molecule has 0 aliphatic rings. The van der Waals surface area contributed by atoms with Crippen molar-refractivity contribution in [1.29, 1.82) is 0 Å². The van der Waals surface area contributed by atoms with Crippen LogP contribution in [0.5, 0.6) is 0 Å². The number of anilines is 1. The Morgan fingerprint density at radius 2 is 2.18 bits per heavy atom. The van der Waals surface area contributed by atoms with E-state index in [-0.39, 0.29) is 0 Å². The third kappa shape index (κ3) is 2.80. The van der Waals surface area contributed by atoms with Crippen LogP contribution in [-0.4, -0.2) is 16.3 Å². The number of hydrogen-bond acceptors (Lipinski definition) is 2. The van der Waals surface area contributed by atoms with Crippen LogP contribution >= 0.6 is 11.6 Å². The van der Waals surface area contributed by atoms with Crippen LogP contribution in [0.2, 0.25) is 5.02 Å². The Labute approximate surface area is 106 Å². The van der Waals surface area contributed by atoms with Gasteiger partial charge in [0.2, 0.25) is 0 Å². The fraction of sp³-hybridized carbons (Fsp3) is 0.308. The molecule has 4 heteroatoms. The van der Waals surface area contributed by atoms with Gasteiger partial charge >= 0.3 is 0 Å². The predicted molar refractivity (Wildman–Crippen MR) is 71.6 cm³/mol. The van der Waals surface area contributed by atoms with Crippen molar-refractivity contribution in [2.75, 3.05) is 11.9 Å². The van der Waals surface area contributed by atoms with Gasteiger partial charge in [0, 0.05) is 42.6 Å². The molecule has 0 unspecified atom stereocenters. The average molecular weight is 250 g/mol. The Morgan fingerprint density at radius 3 is 2.88 bits per heavy atom. The minimum atomic E-state index is 0.801. The van der Waals surface area contributed by atoms with Crippen LogP contribution in [0, 0.1) is 6.92 Å². The third-order valence-corrected chi connectivity index (χ3v) is 3.30. The molecular weight excluding hydrogens is 234 g/mol. The second-order valence-electron chi connectivity index (χ2n) is 4.04. The minimum Gasteiger partial charge on any atom is -0.384 e. The van der Waals surface area contributed by atoms with Crippen molar-refractivity contribution in [2.24, 2.45) is 7.05 Å². The molecule has 17 heavy (non-hydrogen) atoms. The SMILES string of the molecule is Cc1c(Cl)cccc1NCCc1ccnn1C. The summed E-state index contributed by atoms with van der Waals surface area (Å²) in [5.41, 5.74) is 3.41. The van der Waals surface area contributed by atoms with Gasteiger partial charge in [-0.2, -0.15) is 5.10 Å². The molecule has 0 spiro atoms. The number of aryl methyl sites for hydroxylation is 1. The Balaban J connectivity index is 1.95. The minimum absolute atomic E-state index is 0.801. The molecule has 0 saturated heterocycles. The zero-order chi connectivity index (χ0) is 12.3. The van der Waals surface area contributed by atoms with Crippen LogP contribution in [0.4, 0.5) is 5.69 Å². The molecule has 0 aliphatic heterocycles. The summed E-state index contributed by atoms with van der Waals surface area (Å²) in [7, 11) is 1.96. The molecule has 0 atom stereocenters. The molecule has 1 aromatic heterocycles. The van der Waals surface area contributed by atoms with Crippen molar-refractivity contribution in [2.45, 2.75) is 13.3 Å². The molecule has 0 saturated carbocycles. The Kier molecular flexibility index (Phi) is 3.69. The quantitative estimate of drug-likeness (QED) is 0.903. The summed E-state index contributed by atoms with van der Waals surface area (Å²) in [5, 5.41) is 8.34. The molecule has 1 aromatic carbocycles. The molecule has 2 aromatic rings. The summed E-state index contributed by atoms with van der Waals surface area (Å²) in [6.45, 7) is 2.90. The molecule has 2 rings (SSSR count). The van der Waals surface area contributed by atoms with Crippen LogP contribution in [0.15, 0.2) is 30.5 Å². The molecule has 1 N–H and O–H groups in total. The van der Waals surface area contributed by atoms with E-state index in [0.29, 0.717) is 0 Å². The van der Waals surface area contributed by atoms with Gasteiger partial charge in [0.1, 0.15) is 0 Å². The summed E-state index contributed by atoms with van der Waals surface area (Å²) >= 11 is 6.06. The Morgan fingerprint density at radius 1 is 1.35 bits per heavy atom. The molecular formula is C13H16ClN3. The molecule has 0 aliphatic carbocycles. The van der Waals surface area contributed by atoms with E-state index >= 15 is 0 Å². The summed E-state index contributed by atoms with van der Waals surface area (Å²) in [4.78, 5) is 0. The lowest BCUT2D eigenvalue weighted by Gasteiger charge is -2.10. The third-order valence-electron chi connectivity index (χ3n) is 2.89. The number of rotatable bonds is 4. The van der Waals surface area contributed by atoms with Gasteiger partial charge in [0.05, 0.1) is 0 Å². The first-order chi connectivity index (χ1) is 8.18. The van der Waals surface area contributed by atoms with Crippen molar-refractivity contribution in [3.63, 3.8) is 0 Å². The first-order valence-electron chi connectivity index (χ1n) is 5.64. The fourth-order valence-corrected chi connectivity index (χ4v) is 1.95. The standard InChI is InChI=1S/C13H16ClN3/c1-10-12(14)4-3-5-13(10)15-8-6-11-7-9-16-17(11)2/h3-5,7,9,15H,6,8H2,1-2H3. The molecule has 1 heterocycles. The lowest BCUT2D eigenvalue weighted by atomic mass is 10.2. The smallest absolute Gasteiger partial charge is 0.0492 e. The second-order valence-corrected chi connectivity index (χ2v) is 4.44. The summed E-state index contributed by atoms with van der Waals surface area (Å²) < 4.78 is 1.90. The monoisotopic (exact) mass is 249 g/mol.